The summed E-state index contributed by atoms with van der Waals surface area (Å²) in [6.45, 7) is 1.88. The molecule has 3 aromatic carbocycles. The van der Waals surface area contributed by atoms with E-state index in [0.717, 1.165) is 16.7 Å². The maximum absolute atomic E-state index is 14.0. The Hall–Kier alpha value is -3.05. The number of benzene rings is 3. The van der Waals surface area contributed by atoms with Crippen LogP contribution in [-0.4, -0.2) is 16.1 Å². The van der Waals surface area contributed by atoms with Gasteiger partial charge in [-0.15, -0.1) is 0 Å². The van der Waals surface area contributed by atoms with Gasteiger partial charge in [0.25, 0.3) is 0 Å². The average Bonchev–Trinajstić information content (AvgIpc) is 2.60. The number of halogens is 2. The van der Waals surface area contributed by atoms with Gasteiger partial charge in [-0.25, -0.2) is 4.39 Å². The van der Waals surface area contributed by atoms with Crippen molar-refractivity contribution in [2.24, 2.45) is 10.9 Å². The van der Waals surface area contributed by atoms with Gasteiger partial charge in [-0.3, -0.25) is 0 Å². The second-order valence-corrected chi connectivity index (χ2v) is 6.36. The zero-order chi connectivity index (χ0) is 18.8. The van der Waals surface area contributed by atoms with Crippen LogP contribution in [0.25, 0.3) is 22.3 Å². The molecule has 3 rings (SSSR count). The second-order valence-electron chi connectivity index (χ2n) is 5.93. The van der Waals surface area contributed by atoms with E-state index >= 15 is 0 Å². The molecule has 0 atom stereocenters. The standard InChI is InChI=1S/C20H16ClFN2O2/c1-11-6-17(12-2-4-16(25)5-3-12)19(18(7-11)20(23)24-26)13-8-14(21)10-15(22)9-13/h2-10,25-26H,1H3,(H2,23,24). The van der Waals surface area contributed by atoms with Crippen molar-refractivity contribution < 1.29 is 14.7 Å². The molecule has 0 saturated carbocycles. The number of aromatic hydroxyl groups is 1. The minimum Gasteiger partial charge on any atom is -0.508 e. The summed E-state index contributed by atoms with van der Waals surface area (Å²) in [6, 6.07) is 14.4. The van der Waals surface area contributed by atoms with Crippen molar-refractivity contribution in [3.63, 3.8) is 0 Å². The maximum Gasteiger partial charge on any atom is 0.170 e. The summed E-state index contributed by atoms with van der Waals surface area (Å²) in [5, 5.41) is 22.1. The Balaban J connectivity index is 2.39. The summed E-state index contributed by atoms with van der Waals surface area (Å²) >= 11 is 6.03. The lowest BCUT2D eigenvalue weighted by molar-refractivity contribution is 0.318. The lowest BCUT2D eigenvalue weighted by Gasteiger charge is -2.17. The van der Waals surface area contributed by atoms with Crippen molar-refractivity contribution in [2.75, 3.05) is 0 Å². The third kappa shape index (κ3) is 3.48. The molecule has 4 nitrogen and oxygen atoms in total. The van der Waals surface area contributed by atoms with E-state index in [0.29, 0.717) is 16.7 Å². The Bertz CT molecular complexity index is 981. The minimum atomic E-state index is -0.491. The molecule has 26 heavy (non-hydrogen) atoms. The van der Waals surface area contributed by atoms with Crippen LogP contribution in [-0.2, 0) is 0 Å². The zero-order valence-electron chi connectivity index (χ0n) is 13.9. The molecule has 0 heterocycles. The Morgan fingerprint density at radius 2 is 1.73 bits per heavy atom. The smallest absolute Gasteiger partial charge is 0.170 e. The van der Waals surface area contributed by atoms with Crippen LogP contribution in [0.15, 0.2) is 59.8 Å². The van der Waals surface area contributed by atoms with Crippen molar-refractivity contribution in [3.8, 4) is 28.0 Å². The summed E-state index contributed by atoms with van der Waals surface area (Å²) < 4.78 is 14.0. The molecular formula is C20H16ClFN2O2. The zero-order valence-corrected chi connectivity index (χ0v) is 14.6. The van der Waals surface area contributed by atoms with Gasteiger partial charge in [0.1, 0.15) is 11.6 Å². The van der Waals surface area contributed by atoms with Crippen LogP contribution in [0.3, 0.4) is 0 Å². The molecule has 0 aliphatic carbocycles. The quantitative estimate of drug-likeness (QED) is 0.265. The van der Waals surface area contributed by atoms with Gasteiger partial charge in [0.2, 0.25) is 0 Å². The molecule has 0 radical (unpaired) electrons. The van der Waals surface area contributed by atoms with E-state index < -0.39 is 5.82 Å². The molecule has 0 saturated heterocycles. The van der Waals surface area contributed by atoms with Gasteiger partial charge < -0.3 is 16.0 Å². The number of hydrogen-bond acceptors (Lipinski definition) is 3. The molecule has 132 valence electrons. The molecule has 0 aliphatic heterocycles. The van der Waals surface area contributed by atoms with Crippen molar-refractivity contribution in [3.05, 3.63) is 76.6 Å². The Morgan fingerprint density at radius 3 is 2.35 bits per heavy atom. The number of nitrogens with zero attached hydrogens (tertiary/aromatic N) is 1. The second kappa shape index (κ2) is 7.06. The molecule has 0 spiro atoms. The molecule has 6 heteroatoms. The number of hydrogen-bond donors (Lipinski definition) is 3. The number of oxime groups is 1. The van der Waals surface area contributed by atoms with Crippen LogP contribution in [0.5, 0.6) is 5.75 Å². The Kier molecular flexibility index (Phi) is 4.82. The monoisotopic (exact) mass is 370 g/mol. The SMILES string of the molecule is Cc1cc(/C(N)=N/O)c(-c2cc(F)cc(Cl)c2)c(-c2ccc(O)cc2)c1. The first kappa shape index (κ1) is 17.8. The van der Waals surface area contributed by atoms with Crippen LogP contribution in [0.2, 0.25) is 5.02 Å². The summed E-state index contributed by atoms with van der Waals surface area (Å²) in [6.07, 6.45) is 0. The number of amidine groups is 1. The predicted octanol–water partition coefficient (Wildman–Crippen LogP) is 4.92. The highest BCUT2D eigenvalue weighted by Crippen LogP contribution is 2.38. The molecule has 0 unspecified atom stereocenters. The van der Waals surface area contributed by atoms with Crippen molar-refractivity contribution in [1.29, 1.82) is 0 Å². The highest BCUT2D eigenvalue weighted by molar-refractivity contribution is 6.31. The van der Waals surface area contributed by atoms with E-state index in [1.54, 1.807) is 36.4 Å². The van der Waals surface area contributed by atoms with Crippen LogP contribution in [0.4, 0.5) is 4.39 Å². The number of phenolic OH excluding ortho intramolecular Hbond substituents is 1. The van der Waals surface area contributed by atoms with Gasteiger partial charge in [0, 0.05) is 16.1 Å². The Morgan fingerprint density at radius 1 is 1.04 bits per heavy atom. The number of phenols is 1. The first-order valence-electron chi connectivity index (χ1n) is 7.77. The largest absolute Gasteiger partial charge is 0.508 e. The van der Waals surface area contributed by atoms with Gasteiger partial charge in [0.05, 0.1) is 0 Å². The highest BCUT2D eigenvalue weighted by Gasteiger charge is 2.18. The van der Waals surface area contributed by atoms with Crippen LogP contribution >= 0.6 is 11.6 Å². The number of aryl methyl sites for hydroxylation is 1. The first-order valence-corrected chi connectivity index (χ1v) is 8.15. The van der Waals surface area contributed by atoms with E-state index in [9.17, 15) is 14.7 Å². The van der Waals surface area contributed by atoms with Crippen molar-refractivity contribution >= 4 is 17.4 Å². The molecular weight excluding hydrogens is 355 g/mol. The minimum absolute atomic E-state index is 0.0934. The third-order valence-corrected chi connectivity index (χ3v) is 4.21. The Labute approximate surface area is 155 Å². The maximum atomic E-state index is 14.0. The molecule has 0 fully saturated rings. The van der Waals surface area contributed by atoms with Gasteiger partial charge in [0.15, 0.2) is 5.84 Å². The third-order valence-electron chi connectivity index (χ3n) is 4.00. The predicted molar refractivity (Wildman–Crippen MR) is 101 cm³/mol. The van der Waals surface area contributed by atoms with E-state index in [-0.39, 0.29) is 16.6 Å². The van der Waals surface area contributed by atoms with Crippen LogP contribution < -0.4 is 5.73 Å². The van der Waals surface area contributed by atoms with E-state index in [1.165, 1.54) is 12.1 Å². The molecule has 0 aromatic heterocycles. The fourth-order valence-electron chi connectivity index (χ4n) is 2.92. The topological polar surface area (TPSA) is 78.8 Å². The van der Waals surface area contributed by atoms with Crippen LogP contribution in [0, 0.1) is 12.7 Å². The fraction of sp³-hybridized carbons (Fsp3) is 0.0500. The average molecular weight is 371 g/mol. The lowest BCUT2D eigenvalue weighted by atomic mass is 9.88. The normalized spacial score (nSPS) is 11.6. The number of nitrogens with two attached hydrogens (primary N) is 1. The first-order chi connectivity index (χ1) is 12.4. The molecule has 0 amide bonds. The fourth-order valence-corrected chi connectivity index (χ4v) is 3.14. The summed E-state index contributed by atoms with van der Waals surface area (Å²) in [5.41, 5.74) is 9.82. The van der Waals surface area contributed by atoms with Crippen LogP contribution in [0.1, 0.15) is 11.1 Å². The molecule has 3 aromatic rings. The van der Waals surface area contributed by atoms with Gasteiger partial charge >= 0.3 is 0 Å². The van der Waals surface area contributed by atoms with Gasteiger partial charge in [-0.2, -0.15) is 0 Å². The summed E-state index contributed by atoms with van der Waals surface area (Å²) in [4.78, 5) is 0. The van der Waals surface area contributed by atoms with E-state index in [1.807, 2.05) is 13.0 Å². The lowest BCUT2D eigenvalue weighted by Crippen LogP contribution is -2.15. The van der Waals surface area contributed by atoms with E-state index in [4.69, 9.17) is 17.3 Å². The summed E-state index contributed by atoms with van der Waals surface area (Å²) in [7, 11) is 0. The van der Waals surface area contributed by atoms with Gasteiger partial charge in [-0.1, -0.05) is 35.0 Å². The number of rotatable bonds is 3. The van der Waals surface area contributed by atoms with Crippen molar-refractivity contribution in [2.45, 2.75) is 6.92 Å². The van der Waals surface area contributed by atoms with E-state index in [2.05, 4.69) is 5.16 Å². The summed E-state index contributed by atoms with van der Waals surface area (Å²) in [5.74, 6) is -0.451. The molecule has 4 N–H and O–H groups in total. The van der Waals surface area contributed by atoms with Crippen molar-refractivity contribution in [1.82, 2.24) is 0 Å². The molecule has 0 bridgehead atoms. The highest BCUT2D eigenvalue weighted by atomic mass is 35.5. The van der Waals surface area contributed by atoms with Gasteiger partial charge in [-0.05, 0) is 65.6 Å². The molecule has 0 aliphatic rings.